The molecule has 4 rings (SSSR count). The highest BCUT2D eigenvalue weighted by Crippen LogP contribution is 2.30. The highest BCUT2D eigenvalue weighted by Gasteiger charge is 2.32. The molecule has 0 atom stereocenters. The number of hydrogen-bond donors (Lipinski definition) is 0. The standard InChI is InChI=1S/C23H25N5O5S/c24-17-18-4-7-20(8-5-18)34(32,33)27-14-12-26(13-15-27)23(29)21-16-19(28(30)31)6-9-22(21)25-10-2-1-3-11-25/h4-9,16H,1-3,10-15H2. The number of hydrogen-bond acceptors (Lipinski definition) is 7. The molecule has 0 bridgehead atoms. The van der Waals surface area contributed by atoms with E-state index in [0.29, 0.717) is 11.3 Å². The topological polar surface area (TPSA) is 128 Å². The fourth-order valence-corrected chi connectivity index (χ4v) is 5.79. The minimum absolute atomic E-state index is 0.0948. The molecule has 2 saturated heterocycles. The summed E-state index contributed by atoms with van der Waals surface area (Å²) < 4.78 is 27.3. The van der Waals surface area contributed by atoms with Gasteiger partial charge in [0.05, 0.1) is 32.7 Å². The van der Waals surface area contributed by atoms with Crippen molar-refractivity contribution in [3.8, 4) is 6.07 Å². The van der Waals surface area contributed by atoms with Crippen molar-refractivity contribution < 1.29 is 18.1 Å². The zero-order valence-corrected chi connectivity index (χ0v) is 19.4. The fourth-order valence-electron chi connectivity index (χ4n) is 4.37. The van der Waals surface area contributed by atoms with Crippen LogP contribution in [0.25, 0.3) is 0 Å². The molecule has 2 aromatic rings. The van der Waals surface area contributed by atoms with Crippen LogP contribution in [0.1, 0.15) is 35.2 Å². The molecule has 0 saturated carbocycles. The number of anilines is 1. The van der Waals surface area contributed by atoms with Crippen molar-refractivity contribution >= 4 is 27.3 Å². The summed E-state index contributed by atoms with van der Waals surface area (Å²) >= 11 is 0. The van der Waals surface area contributed by atoms with Gasteiger partial charge < -0.3 is 9.80 Å². The van der Waals surface area contributed by atoms with Gasteiger partial charge >= 0.3 is 0 Å². The van der Waals surface area contributed by atoms with Gasteiger partial charge in [0.2, 0.25) is 10.0 Å². The molecule has 0 N–H and O–H groups in total. The fraction of sp³-hybridized carbons (Fsp3) is 0.391. The number of piperidine rings is 1. The van der Waals surface area contributed by atoms with Gasteiger partial charge in [0, 0.05) is 51.4 Å². The first-order valence-electron chi connectivity index (χ1n) is 11.1. The van der Waals surface area contributed by atoms with Gasteiger partial charge in [-0.3, -0.25) is 14.9 Å². The number of sulfonamides is 1. The third-order valence-corrected chi connectivity index (χ3v) is 8.18. The Kier molecular flexibility index (Phi) is 6.81. The lowest BCUT2D eigenvalue weighted by atomic mass is 10.0. The molecule has 34 heavy (non-hydrogen) atoms. The van der Waals surface area contributed by atoms with Crippen LogP contribution in [0, 0.1) is 21.4 Å². The minimum atomic E-state index is -3.76. The first-order valence-corrected chi connectivity index (χ1v) is 12.6. The Hall–Kier alpha value is -3.49. The van der Waals surface area contributed by atoms with Crippen molar-refractivity contribution in [3.05, 3.63) is 63.7 Å². The first-order chi connectivity index (χ1) is 16.3. The highest BCUT2D eigenvalue weighted by atomic mass is 32.2. The molecule has 0 unspecified atom stereocenters. The minimum Gasteiger partial charge on any atom is -0.371 e. The normalized spacial score (nSPS) is 17.3. The molecule has 2 fully saturated rings. The van der Waals surface area contributed by atoms with E-state index in [4.69, 9.17) is 5.26 Å². The van der Waals surface area contributed by atoms with E-state index in [1.165, 1.54) is 40.7 Å². The monoisotopic (exact) mass is 483 g/mol. The van der Waals surface area contributed by atoms with Crippen LogP contribution in [0.15, 0.2) is 47.4 Å². The molecule has 10 nitrogen and oxygen atoms in total. The van der Waals surface area contributed by atoms with Crippen molar-refractivity contribution in [3.63, 3.8) is 0 Å². The van der Waals surface area contributed by atoms with Crippen molar-refractivity contribution in [2.75, 3.05) is 44.2 Å². The summed E-state index contributed by atoms with van der Waals surface area (Å²) in [5, 5.41) is 20.3. The molecule has 1 amide bonds. The number of amides is 1. The van der Waals surface area contributed by atoms with Crippen LogP contribution in [-0.4, -0.2) is 67.7 Å². The molecule has 2 aromatic carbocycles. The van der Waals surface area contributed by atoms with Gasteiger partial charge in [-0.25, -0.2) is 8.42 Å². The van der Waals surface area contributed by atoms with Crippen molar-refractivity contribution in [2.45, 2.75) is 24.2 Å². The summed E-state index contributed by atoms with van der Waals surface area (Å²) in [6.45, 7) is 2.15. The van der Waals surface area contributed by atoms with Crippen molar-refractivity contribution in [1.82, 2.24) is 9.21 Å². The number of rotatable bonds is 5. The van der Waals surface area contributed by atoms with E-state index in [2.05, 4.69) is 4.90 Å². The van der Waals surface area contributed by atoms with E-state index in [1.54, 1.807) is 11.0 Å². The van der Waals surface area contributed by atoms with E-state index in [-0.39, 0.29) is 48.2 Å². The average Bonchev–Trinajstić information content (AvgIpc) is 2.88. The smallest absolute Gasteiger partial charge is 0.270 e. The summed E-state index contributed by atoms with van der Waals surface area (Å²) in [5.41, 5.74) is 1.18. The summed E-state index contributed by atoms with van der Waals surface area (Å²) in [4.78, 5) is 28.0. The second kappa shape index (κ2) is 9.79. The Morgan fingerprint density at radius 1 is 0.941 bits per heavy atom. The van der Waals surface area contributed by atoms with Crippen LogP contribution in [0.2, 0.25) is 0 Å². The molecule has 0 radical (unpaired) electrons. The lowest BCUT2D eigenvalue weighted by molar-refractivity contribution is -0.384. The lowest BCUT2D eigenvalue weighted by Crippen LogP contribution is -2.50. The van der Waals surface area contributed by atoms with E-state index in [9.17, 15) is 23.3 Å². The Balaban J connectivity index is 1.52. The van der Waals surface area contributed by atoms with Gasteiger partial charge in [0.25, 0.3) is 11.6 Å². The Labute approximate surface area is 198 Å². The third-order valence-electron chi connectivity index (χ3n) is 6.27. The molecule has 2 aliphatic heterocycles. The van der Waals surface area contributed by atoms with Gasteiger partial charge in [-0.05, 0) is 49.6 Å². The van der Waals surface area contributed by atoms with Crippen LogP contribution >= 0.6 is 0 Å². The predicted octanol–water partition coefficient (Wildman–Crippen LogP) is 2.60. The molecular weight excluding hydrogens is 458 g/mol. The summed E-state index contributed by atoms with van der Waals surface area (Å²) in [6.07, 6.45) is 3.11. The molecule has 0 aromatic heterocycles. The van der Waals surface area contributed by atoms with Gasteiger partial charge in [0.15, 0.2) is 0 Å². The number of nitro benzene ring substituents is 1. The number of carbonyl (C=O) groups is 1. The number of nitriles is 1. The number of benzene rings is 2. The first kappa shape index (κ1) is 23.7. The summed E-state index contributed by atoms with van der Waals surface area (Å²) in [5.74, 6) is -0.334. The zero-order chi connectivity index (χ0) is 24.3. The van der Waals surface area contributed by atoms with Crippen LogP contribution in [0.4, 0.5) is 11.4 Å². The molecule has 2 aliphatic rings. The van der Waals surface area contributed by atoms with Crippen LogP contribution in [0.3, 0.4) is 0 Å². The molecule has 0 spiro atoms. The number of carbonyl (C=O) groups excluding carboxylic acids is 1. The maximum atomic E-state index is 13.4. The summed E-state index contributed by atoms with van der Waals surface area (Å²) in [6, 6.07) is 12.1. The number of nitro groups is 1. The molecule has 178 valence electrons. The summed E-state index contributed by atoms with van der Waals surface area (Å²) in [7, 11) is -3.76. The zero-order valence-electron chi connectivity index (χ0n) is 18.6. The quantitative estimate of drug-likeness (QED) is 0.472. The maximum Gasteiger partial charge on any atom is 0.270 e. The third kappa shape index (κ3) is 4.73. The number of non-ortho nitro benzene ring substituents is 1. The number of piperazine rings is 1. The largest absolute Gasteiger partial charge is 0.371 e. The Bertz CT molecular complexity index is 1230. The Morgan fingerprint density at radius 2 is 1.59 bits per heavy atom. The van der Waals surface area contributed by atoms with Crippen LogP contribution < -0.4 is 4.90 Å². The predicted molar refractivity (Wildman–Crippen MR) is 125 cm³/mol. The van der Waals surface area contributed by atoms with Gasteiger partial charge in [-0.2, -0.15) is 9.57 Å². The second-order valence-electron chi connectivity index (χ2n) is 8.34. The second-order valence-corrected chi connectivity index (χ2v) is 10.3. The van der Waals surface area contributed by atoms with E-state index >= 15 is 0 Å². The molecular formula is C23H25N5O5S. The molecule has 11 heteroatoms. The van der Waals surface area contributed by atoms with Crippen molar-refractivity contribution in [2.24, 2.45) is 0 Å². The Morgan fingerprint density at radius 3 is 2.18 bits per heavy atom. The van der Waals surface area contributed by atoms with Crippen molar-refractivity contribution in [1.29, 1.82) is 5.26 Å². The molecule has 2 heterocycles. The highest BCUT2D eigenvalue weighted by molar-refractivity contribution is 7.89. The van der Waals surface area contributed by atoms with Crippen LogP contribution in [-0.2, 0) is 10.0 Å². The van der Waals surface area contributed by atoms with E-state index in [1.807, 2.05) is 6.07 Å². The SMILES string of the molecule is N#Cc1ccc(S(=O)(=O)N2CCN(C(=O)c3cc([N+](=O)[O-])ccc3N3CCCCC3)CC2)cc1. The maximum absolute atomic E-state index is 13.4. The van der Waals surface area contributed by atoms with Crippen LogP contribution in [0.5, 0.6) is 0 Å². The van der Waals surface area contributed by atoms with Gasteiger partial charge in [-0.1, -0.05) is 0 Å². The van der Waals surface area contributed by atoms with Gasteiger partial charge in [-0.15, -0.1) is 0 Å². The van der Waals surface area contributed by atoms with E-state index < -0.39 is 14.9 Å². The molecule has 0 aliphatic carbocycles. The average molecular weight is 484 g/mol. The van der Waals surface area contributed by atoms with Gasteiger partial charge in [0.1, 0.15) is 0 Å². The lowest BCUT2D eigenvalue weighted by Gasteiger charge is -2.35. The van der Waals surface area contributed by atoms with E-state index in [0.717, 1.165) is 32.4 Å². The number of nitrogens with zero attached hydrogens (tertiary/aromatic N) is 5.